The van der Waals surface area contributed by atoms with E-state index in [1.807, 2.05) is 0 Å². The average molecular weight is 539 g/mol. The number of hydrogen-bond donors (Lipinski definition) is 1. The number of carbonyl (C=O) groups is 4. The quantitative estimate of drug-likeness (QED) is 0.262. The molecule has 0 spiro atoms. The van der Waals surface area contributed by atoms with Crippen LogP contribution in [0.25, 0.3) is 0 Å². The van der Waals surface area contributed by atoms with Crippen molar-refractivity contribution in [3.63, 3.8) is 0 Å². The van der Waals surface area contributed by atoms with Gasteiger partial charge in [0.2, 0.25) is 0 Å². The number of fused-ring (bicyclic) bond motifs is 5. The molecular weight excluding hydrogens is 496 g/mol. The molecule has 0 aliphatic heterocycles. The van der Waals surface area contributed by atoms with Crippen LogP contribution in [-0.2, 0) is 34.0 Å². The first kappa shape index (κ1) is 28.4. The highest BCUT2D eigenvalue weighted by Crippen LogP contribution is 2.66. The van der Waals surface area contributed by atoms with Crippen molar-refractivity contribution in [1.82, 2.24) is 0 Å². The van der Waals surface area contributed by atoms with Crippen molar-refractivity contribution in [1.29, 1.82) is 0 Å². The van der Waals surface area contributed by atoms with Gasteiger partial charge in [-0.15, -0.1) is 0 Å². The van der Waals surface area contributed by atoms with Crippen LogP contribution in [0, 0.1) is 46.3 Å². The predicted molar refractivity (Wildman–Crippen MR) is 136 cm³/mol. The molecule has 9 heteroatoms. The normalized spacial score (nSPS) is 38.5. The molecule has 4 aliphatic rings. The average Bonchev–Trinajstić information content (AvgIpc) is 3.18. The Balaban J connectivity index is 1.36. The Kier molecular flexibility index (Phi) is 8.07. The van der Waals surface area contributed by atoms with Crippen LogP contribution < -0.4 is 0 Å². The number of esters is 1. The van der Waals surface area contributed by atoms with Crippen molar-refractivity contribution in [3.8, 4) is 0 Å². The largest absolute Gasteiger partial charge is 0.466 e. The zero-order valence-electron chi connectivity index (χ0n) is 22.4. The van der Waals surface area contributed by atoms with Gasteiger partial charge in [-0.1, -0.05) is 20.8 Å². The molecule has 0 amide bonds. The highest BCUT2D eigenvalue weighted by Gasteiger charge is 2.65. The Morgan fingerprint density at radius 3 is 2.51 bits per heavy atom. The molecule has 4 fully saturated rings. The Labute approximate surface area is 220 Å². The van der Waals surface area contributed by atoms with Gasteiger partial charge in [-0.3, -0.25) is 23.7 Å². The minimum atomic E-state index is -4.00. The molecule has 8 nitrogen and oxygen atoms in total. The summed E-state index contributed by atoms with van der Waals surface area (Å²) in [6, 6.07) is 0. The number of unbranched alkanes of at least 4 members (excludes halogenated alkanes) is 1. The lowest BCUT2D eigenvalue weighted by atomic mass is 9.44. The van der Waals surface area contributed by atoms with Gasteiger partial charge in [0.15, 0.2) is 0 Å². The number of ketones is 3. The third-order valence-electron chi connectivity index (χ3n) is 10.8. The molecule has 4 saturated carbocycles. The summed E-state index contributed by atoms with van der Waals surface area (Å²) in [6.45, 7) is 6.47. The highest BCUT2D eigenvalue weighted by molar-refractivity contribution is 7.85. The van der Waals surface area contributed by atoms with Crippen molar-refractivity contribution < 1.29 is 36.9 Å². The van der Waals surface area contributed by atoms with Crippen molar-refractivity contribution in [2.45, 2.75) is 91.4 Å². The smallest absolute Gasteiger partial charge is 0.305 e. The Hall–Kier alpha value is -1.61. The summed E-state index contributed by atoms with van der Waals surface area (Å²) in [5.41, 5.74) is -0.756. The SMILES string of the molecule is CC(CCC(=O)OCCCCS(=O)(=O)O)C1CCC2C3CC(=O)C4CC(=O)CCC4(C)C3CC(=O)C12C. The maximum absolute atomic E-state index is 13.8. The lowest BCUT2D eigenvalue weighted by molar-refractivity contribution is -0.167. The van der Waals surface area contributed by atoms with E-state index in [0.717, 1.165) is 12.8 Å². The minimum absolute atomic E-state index is 0.118. The number of carbonyl (C=O) groups excluding carboxylic acids is 4. The maximum atomic E-state index is 13.8. The molecular formula is C28H42O8S. The fourth-order valence-electron chi connectivity index (χ4n) is 8.68. The second-order valence-electron chi connectivity index (χ2n) is 12.7. The summed E-state index contributed by atoms with van der Waals surface area (Å²) < 4.78 is 35.5. The zero-order valence-corrected chi connectivity index (χ0v) is 23.2. The fraction of sp³-hybridized carbons (Fsp3) is 0.857. The molecule has 0 bridgehead atoms. The minimum Gasteiger partial charge on any atom is -0.466 e. The van der Waals surface area contributed by atoms with Gasteiger partial charge in [0.25, 0.3) is 10.1 Å². The molecule has 0 aromatic heterocycles. The second-order valence-corrected chi connectivity index (χ2v) is 14.2. The van der Waals surface area contributed by atoms with Crippen molar-refractivity contribution in [2.75, 3.05) is 12.4 Å². The molecule has 0 saturated heterocycles. The highest BCUT2D eigenvalue weighted by atomic mass is 32.2. The first-order valence-corrected chi connectivity index (χ1v) is 15.6. The van der Waals surface area contributed by atoms with Gasteiger partial charge in [0.1, 0.15) is 17.3 Å². The van der Waals surface area contributed by atoms with Crippen molar-refractivity contribution in [3.05, 3.63) is 0 Å². The lowest BCUT2D eigenvalue weighted by Gasteiger charge is -2.59. The number of Topliss-reactive ketones (excluding diaryl/α,β-unsaturated/α-hetero) is 3. The van der Waals surface area contributed by atoms with Gasteiger partial charge in [0, 0.05) is 43.4 Å². The third kappa shape index (κ3) is 5.45. The predicted octanol–water partition coefficient (Wildman–Crippen LogP) is 4.20. The third-order valence-corrected chi connectivity index (χ3v) is 11.6. The molecule has 37 heavy (non-hydrogen) atoms. The Morgan fingerprint density at radius 2 is 1.81 bits per heavy atom. The fourth-order valence-corrected chi connectivity index (χ4v) is 9.25. The van der Waals surface area contributed by atoms with Crippen LogP contribution in [0.3, 0.4) is 0 Å². The van der Waals surface area contributed by atoms with E-state index in [2.05, 4.69) is 20.8 Å². The van der Waals surface area contributed by atoms with E-state index < -0.39 is 15.5 Å². The maximum Gasteiger partial charge on any atom is 0.305 e. The molecule has 0 aromatic carbocycles. The molecule has 0 aromatic rings. The van der Waals surface area contributed by atoms with Crippen molar-refractivity contribution in [2.24, 2.45) is 46.3 Å². The molecule has 4 aliphatic carbocycles. The van der Waals surface area contributed by atoms with E-state index in [0.29, 0.717) is 50.7 Å². The van der Waals surface area contributed by atoms with E-state index in [-0.39, 0.29) is 83.7 Å². The molecule has 8 unspecified atom stereocenters. The molecule has 0 radical (unpaired) electrons. The van der Waals surface area contributed by atoms with E-state index in [4.69, 9.17) is 9.29 Å². The lowest BCUT2D eigenvalue weighted by Crippen LogP contribution is -2.59. The number of rotatable bonds is 9. The topological polar surface area (TPSA) is 132 Å². The van der Waals surface area contributed by atoms with E-state index in [1.165, 1.54) is 0 Å². The summed E-state index contributed by atoms with van der Waals surface area (Å²) in [6.07, 6.45) is 5.80. The van der Waals surface area contributed by atoms with Crippen LogP contribution in [0.5, 0.6) is 0 Å². The van der Waals surface area contributed by atoms with Crippen LogP contribution in [0.4, 0.5) is 0 Å². The van der Waals surface area contributed by atoms with Crippen LogP contribution in [0.1, 0.15) is 91.4 Å². The van der Waals surface area contributed by atoms with Crippen LogP contribution in [-0.4, -0.2) is 48.6 Å². The Morgan fingerprint density at radius 1 is 1.08 bits per heavy atom. The summed E-state index contributed by atoms with van der Waals surface area (Å²) in [7, 11) is -4.00. The standard InChI is InChI=1S/C28H42O8S/c1-17(6-9-26(32)36-12-4-5-13-37(33,34)35)20-7-8-21-19-15-24(30)23-14-18(29)10-11-27(23,2)22(19)16-25(31)28(20,21)3/h17,19-23H,4-16H2,1-3H3,(H,33,34,35). The van der Waals surface area contributed by atoms with Gasteiger partial charge >= 0.3 is 5.97 Å². The summed E-state index contributed by atoms with van der Waals surface area (Å²) >= 11 is 0. The first-order chi connectivity index (χ1) is 17.3. The first-order valence-electron chi connectivity index (χ1n) is 14.0. The van der Waals surface area contributed by atoms with E-state index in [9.17, 15) is 27.6 Å². The van der Waals surface area contributed by atoms with E-state index in [1.54, 1.807) is 0 Å². The Bertz CT molecular complexity index is 1050. The summed E-state index contributed by atoms with van der Waals surface area (Å²) in [5.74, 6) is 0.591. The zero-order chi connectivity index (χ0) is 27.2. The summed E-state index contributed by atoms with van der Waals surface area (Å²) in [4.78, 5) is 51.5. The van der Waals surface area contributed by atoms with Crippen LogP contribution >= 0.6 is 0 Å². The number of hydrogen-bond acceptors (Lipinski definition) is 7. The van der Waals surface area contributed by atoms with Gasteiger partial charge in [-0.05, 0) is 73.5 Å². The molecule has 208 valence electrons. The molecule has 4 rings (SSSR count). The second kappa shape index (κ2) is 10.5. The van der Waals surface area contributed by atoms with Gasteiger partial charge in [-0.2, -0.15) is 8.42 Å². The van der Waals surface area contributed by atoms with Crippen LogP contribution in [0.2, 0.25) is 0 Å². The molecule has 0 heterocycles. The van der Waals surface area contributed by atoms with Gasteiger partial charge in [0.05, 0.1) is 12.4 Å². The molecule has 8 atom stereocenters. The molecule has 1 N–H and O–H groups in total. The van der Waals surface area contributed by atoms with Crippen LogP contribution in [0.15, 0.2) is 0 Å². The van der Waals surface area contributed by atoms with Gasteiger partial charge < -0.3 is 4.74 Å². The van der Waals surface area contributed by atoms with E-state index >= 15 is 0 Å². The number of ether oxygens (including phenoxy) is 1. The van der Waals surface area contributed by atoms with Crippen molar-refractivity contribution >= 4 is 33.4 Å². The van der Waals surface area contributed by atoms with Gasteiger partial charge in [-0.25, -0.2) is 0 Å². The monoisotopic (exact) mass is 538 g/mol. The summed E-state index contributed by atoms with van der Waals surface area (Å²) in [5, 5.41) is 0.